The van der Waals surface area contributed by atoms with Crippen molar-refractivity contribution in [3.63, 3.8) is 0 Å². The lowest BCUT2D eigenvalue weighted by Gasteiger charge is -2.19. The smallest absolute Gasteiger partial charge is 0.0584 e. The van der Waals surface area contributed by atoms with Crippen molar-refractivity contribution >= 4 is 11.4 Å². The highest BCUT2D eigenvalue weighted by Gasteiger charge is 2.00. The van der Waals surface area contributed by atoms with Gasteiger partial charge in [-0.15, -0.1) is 0 Å². The van der Waals surface area contributed by atoms with Crippen LogP contribution in [0.2, 0.25) is 0 Å². The number of aromatic nitrogens is 2. The summed E-state index contributed by atoms with van der Waals surface area (Å²) in [5.41, 5.74) is 7.61. The second-order valence-electron chi connectivity index (χ2n) is 3.78. The SMILES string of the molecule is CN(CCn1cccn1)c1ccc(N)cc1. The minimum Gasteiger partial charge on any atom is -0.399 e. The zero-order valence-electron chi connectivity index (χ0n) is 9.37. The number of hydrogen-bond donors (Lipinski definition) is 1. The van der Waals surface area contributed by atoms with Gasteiger partial charge in [0, 0.05) is 37.4 Å². The molecule has 0 spiro atoms. The van der Waals surface area contributed by atoms with Crippen molar-refractivity contribution in [2.24, 2.45) is 0 Å². The minimum atomic E-state index is 0.796. The lowest BCUT2D eigenvalue weighted by molar-refractivity contribution is 0.611. The molecule has 2 aromatic rings. The number of nitrogens with zero attached hydrogens (tertiary/aromatic N) is 3. The highest BCUT2D eigenvalue weighted by atomic mass is 15.3. The van der Waals surface area contributed by atoms with Crippen molar-refractivity contribution in [2.75, 3.05) is 24.2 Å². The molecule has 0 aliphatic carbocycles. The van der Waals surface area contributed by atoms with Gasteiger partial charge in [0.15, 0.2) is 0 Å². The van der Waals surface area contributed by atoms with Gasteiger partial charge in [-0.1, -0.05) is 0 Å². The molecule has 2 rings (SSSR count). The third-order valence-electron chi connectivity index (χ3n) is 2.56. The number of nitrogens with two attached hydrogens (primary N) is 1. The first-order valence-electron chi connectivity index (χ1n) is 5.30. The van der Waals surface area contributed by atoms with E-state index in [9.17, 15) is 0 Å². The van der Waals surface area contributed by atoms with Crippen molar-refractivity contribution in [2.45, 2.75) is 6.54 Å². The van der Waals surface area contributed by atoms with E-state index < -0.39 is 0 Å². The van der Waals surface area contributed by atoms with E-state index in [4.69, 9.17) is 5.73 Å². The molecular formula is C12H16N4. The molecule has 0 aliphatic rings. The molecule has 0 saturated heterocycles. The highest BCUT2D eigenvalue weighted by Crippen LogP contribution is 2.14. The zero-order valence-corrected chi connectivity index (χ0v) is 9.37. The average molecular weight is 216 g/mol. The van der Waals surface area contributed by atoms with Gasteiger partial charge in [0.2, 0.25) is 0 Å². The Hall–Kier alpha value is -1.97. The van der Waals surface area contributed by atoms with Crippen molar-refractivity contribution in [3.8, 4) is 0 Å². The fourth-order valence-electron chi connectivity index (χ4n) is 1.54. The van der Waals surface area contributed by atoms with Crippen molar-refractivity contribution in [3.05, 3.63) is 42.7 Å². The summed E-state index contributed by atoms with van der Waals surface area (Å²) in [6, 6.07) is 9.82. The van der Waals surface area contributed by atoms with Crippen molar-refractivity contribution < 1.29 is 0 Å². The Kier molecular flexibility index (Phi) is 3.10. The monoisotopic (exact) mass is 216 g/mol. The maximum atomic E-state index is 5.65. The van der Waals surface area contributed by atoms with Gasteiger partial charge in [0.25, 0.3) is 0 Å². The van der Waals surface area contributed by atoms with Crippen LogP contribution in [0.4, 0.5) is 11.4 Å². The first-order valence-corrected chi connectivity index (χ1v) is 5.30. The van der Waals surface area contributed by atoms with Crippen LogP contribution in [-0.2, 0) is 6.54 Å². The number of anilines is 2. The Bertz CT molecular complexity index is 419. The van der Waals surface area contributed by atoms with E-state index in [-0.39, 0.29) is 0 Å². The molecule has 4 nitrogen and oxygen atoms in total. The minimum absolute atomic E-state index is 0.796. The van der Waals surface area contributed by atoms with E-state index in [1.54, 1.807) is 6.20 Å². The third-order valence-corrected chi connectivity index (χ3v) is 2.56. The van der Waals surface area contributed by atoms with Crippen LogP contribution in [0, 0.1) is 0 Å². The number of likely N-dealkylation sites (N-methyl/N-ethyl adjacent to an activating group) is 1. The molecule has 4 heteroatoms. The van der Waals surface area contributed by atoms with Crippen LogP contribution in [0.1, 0.15) is 0 Å². The second-order valence-corrected chi connectivity index (χ2v) is 3.78. The summed E-state index contributed by atoms with van der Waals surface area (Å²) in [6.45, 7) is 1.81. The number of benzene rings is 1. The Morgan fingerprint density at radius 2 is 2.06 bits per heavy atom. The Labute approximate surface area is 95.3 Å². The molecule has 1 aromatic carbocycles. The summed E-state index contributed by atoms with van der Waals surface area (Å²) < 4.78 is 1.92. The van der Waals surface area contributed by atoms with Gasteiger partial charge < -0.3 is 10.6 Å². The second kappa shape index (κ2) is 4.70. The van der Waals surface area contributed by atoms with Crippen LogP contribution in [0.5, 0.6) is 0 Å². The zero-order chi connectivity index (χ0) is 11.4. The molecule has 0 bridgehead atoms. The van der Waals surface area contributed by atoms with Crippen LogP contribution >= 0.6 is 0 Å². The number of hydrogen-bond acceptors (Lipinski definition) is 3. The summed E-state index contributed by atoms with van der Waals surface area (Å²) >= 11 is 0. The van der Waals surface area contributed by atoms with E-state index in [1.807, 2.05) is 41.2 Å². The lowest BCUT2D eigenvalue weighted by atomic mass is 10.2. The maximum Gasteiger partial charge on any atom is 0.0584 e. The normalized spacial score (nSPS) is 10.3. The molecule has 0 unspecified atom stereocenters. The molecule has 0 atom stereocenters. The van der Waals surface area contributed by atoms with Crippen LogP contribution < -0.4 is 10.6 Å². The Morgan fingerprint density at radius 3 is 2.69 bits per heavy atom. The third kappa shape index (κ3) is 2.53. The van der Waals surface area contributed by atoms with Crippen molar-refractivity contribution in [1.82, 2.24) is 9.78 Å². The maximum absolute atomic E-state index is 5.65. The molecule has 1 aromatic heterocycles. The first kappa shape index (κ1) is 10.5. The molecule has 0 amide bonds. The topological polar surface area (TPSA) is 47.1 Å². The lowest BCUT2D eigenvalue weighted by Crippen LogP contribution is -2.22. The summed E-state index contributed by atoms with van der Waals surface area (Å²) in [6.07, 6.45) is 3.76. The van der Waals surface area contributed by atoms with Gasteiger partial charge in [-0.3, -0.25) is 4.68 Å². The van der Waals surface area contributed by atoms with Gasteiger partial charge in [-0.05, 0) is 30.3 Å². The molecular weight excluding hydrogens is 200 g/mol. The van der Waals surface area contributed by atoms with E-state index in [2.05, 4.69) is 17.0 Å². The number of rotatable bonds is 4. The predicted octanol–water partition coefficient (Wildman–Crippen LogP) is 1.60. The quantitative estimate of drug-likeness (QED) is 0.790. The van der Waals surface area contributed by atoms with Crippen molar-refractivity contribution in [1.29, 1.82) is 0 Å². The fourth-order valence-corrected chi connectivity index (χ4v) is 1.54. The standard InChI is InChI=1S/C12H16N4/c1-15(9-10-16-8-2-7-14-16)12-5-3-11(13)4-6-12/h2-8H,9-10,13H2,1H3. The van der Waals surface area contributed by atoms with Crippen LogP contribution in [0.3, 0.4) is 0 Å². The molecule has 84 valence electrons. The van der Waals surface area contributed by atoms with Crippen LogP contribution in [-0.4, -0.2) is 23.4 Å². The van der Waals surface area contributed by atoms with Crippen LogP contribution in [0.15, 0.2) is 42.7 Å². The largest absolute Gasteiger partial charge is 0.399 e. The van der Waals surface area contributed by atoms with Gasteiger partial charge in [0.1, 0.15) is 0 Å². The molecule has 0 fully saturated rings. The summed E-state index contributed by atoms with van der Waals surface area (Å²) in [5, 5.41) is 4.17. The summed E-state index contributed by atoms with van der Waals surface area (Å²) in [4.78, 5) is 2.18. The molecule has 2 N–H and O–H groups in total. The van der Waals surface area contributed by atoms with E-state index in [1.165, 1.54) is 5.69 Å². The van der Waals surface area contributed by atoms with Gasteiger partial charge >= 0.3 is 0 Å². The van der Waals surface area contributed by atoms with Gasteiger partial charge in [-0.2, -0.15) is 5.10 Å². The molecule has 0 aliphatic heterocycles. The molecule has 0 saturated carbocycles. The fraction of sp³-hybridized carbons (Fsp3) is 0.250. The van der Waals surface area contributed by atoms with E-state index >= 15 is 0 Å². The molecule has 1 heterocycles. The molecule has 0 radical (unpaired) electrons. The van der Waals surface area contributed by atoms with Crippen LogP contribution in [0.25, 0.3) is 0 Å². The molecule has 16 heavy (non-hydrogen) atoms. The Morgan fingerprint density at radius 1 is 1.31 bits per heavy atom. The highest BCUT2D eigenvalue weighted by molar-refractivity contribution is 5.52. The van der Waals surface area contributed by atoms with Gasteiger partial charge in [-0.25, -0.2) is 0 Å². The summed E-state index contributed by atoms with van der Waals surface area (Å²) in [5.74, 6) is 0. The number of nitrogen functional groups attached to an aromatic ring is 1. The first-order chi connectivity index (χ1) is 7.75. The van der Waals surface area contributed by atoms with E-state index in [0.29, 0.717) is 0 Å². The van der Waals surface area contributed by atoms with Gasteiger partial charge in [0.05, 0.1) is 6.54 Å². The average Bonchev–Trinajstić information content (AvgIpc) is 2.80. The van der Waals surface area contributed by atoms with E-state index in [0.717, 1.165) is 18.8 Å². The summed E-state index contributed by atoms with van der Waals surface area (Å²) in [7, 11) is 2.06. The Balaban J connectivity index is 1.93. The predicted molar refractivity (Wildman–Crippen MR) is 66.4 cm³/mol.